The van der Waals surface area contributed by atoms with Crippen molar-refractivity contribution in [3.63, 3.8) is 0 Å². The lowest BCUT2D eigenvalue weighted by Gasteiger charge is -2.39. The summed E-state index contributed by atoms with van der Waals surface area (Å²) in [5, 5.41) is 2.72. The third-order valence-corrected chi connectivity index (χ3v) is 7.38. The minimum atomic E-state index is -0.309. The summed E-state index contributed by atoms with van der Waals surface area (Å²) in [5.74, 6) is 0.986. The van der Waals surface area contributed by atoms with E-state index in [1.165, 1.54) is 12.1 Å². The van der Waals surface area contributed by atoms with Crippen molar-refractivity contribution < 1.29 is 27.9 Å². The first-order chi connectivity index (χ1) is 18.5. The van der Waals surface area contributed by atoms with Gasteiger partial charge in [-0.3, -0.25) is 9.59 Å². The number of fused-ring (bicyclic) bond motifs is 1. The van der Waals surface area contributed by atoms with Gasteiger partial charge in [0.15, 0.2) is 5.76 Å². The van der Waals surface area contributed by atoms with Crippen molar-refractivity contribution in [1.82, 2.24) is 10.2 Å². The van der Waals surface area contributed by atoms with Crippen LogP contribution in [0.1, 0.15) is 64.7 Å². The zero-order valence-corrected chi connectivity index (χ0v) is 21.6. The summed E-state index contributed by atoms with van der Waals surface area (Å²) < 4.78 is 30.4. The Morgan fingerprint density at radius 2 is 1.87 bits per heavy atom. The molecule has 2 heterocycles. The molecule has 1 aromatic heterocycles. The lowest BCUT2D eigenvalue weighted by atomic mass is 9.87. The summed E-state index contributed by atoms with van der Waals surface area (Å²) in [6.07, 6.45) is 4.78. The van der Waals surface area contributed by atoms with Crippen LogP contribution in [-0.2, 0) is 22.6 Å². The number of nitrogens with one attached hydrogen (secondary N) is 1. The molecule has 1 aliphatic carbocycles. The van der Waals surface area contributed by atoms with Crippen LogP contribution in [0.2, 0.25) is 0 Å². The fourth-order valence-electron chi connectivity index (χ4n) is 5.42. The van der Waals surface area contributed by atoms with Crippen molar-refractivity contribution in [2.75, 3.05) is 26.8 Å². The van der Waals surface area contributed by atoms with Crippen LogP contribution in [0, 0.1) is 11.7 Å². The number of methoxy groups -OCH3 is 1. The molecule has 5 rings (SSSR count). The molecule has 7 nitrogen and oxygen atoms in total. The molecule has 2 amide bonds. The monoisotopic (exact) mass is 520 g/mol. The predicted octanol–water partition coefficient (Wildman–Crippen LogP) is 5.04. The molecule has 1 fully saturated rings. The highest BCUT2D eigenvalue weighted by Gasteiger charge is 2.36. The fourth-order valence-corrected chi connectivity index (χ4v) is 5.42. The van der Waals surface area contributed by atoms with Crippen LogP contribution >= 0.6 is 0 Å². The van der Waals surface area contributed by atoms with Gasteiger partial charge in [0.2, 0.25) is 5.91 Å². The van der Waals surface area contributed by atoms with E-state index in [1.807, 2.05) is 23.1 Å². The van der Waals surface area contributed by atoms with Gasteiger partial charge in [0, 0.05) is 26.1 Å². The Morgan fingerprint density at radius 3 is 2.63 bits per heavy atom. The number of hydrogen-bond acceptors (Lipinski definition) is 5. The summed E-state index contributed by atoms with van der Waals surface area (Å²) in [5.41, 5.74) is 3.02. The Bertz CT molecular complexity index is 1270. The fraction of sp³-hybridized carbons (Fsp3) is 0.400. The van der Waals surface area contributed by atoms with Crippen molar-refractivity contribution in [2.24, 2.45) is 5.92 Å². The van der Waals surface area contributed by atoms with E-state index in [9.17, 15) is 14.0 Å². The molecule has 0 radical (unpaired) electrons. The number of benzene rings is 2. The molecular formula is C30H33FN2O5. The molecule has 1 saturated carbocycles. The smallest absolute Gasteiger partial charge is 0.287 e. The summed E-state index contributed by atoms with van der Waals surface area (Å²) in [4.78, 5) is 27.7. The van der Waals surface area contributed by atoms with E-state index in [0.717, 1.165) is 48.8 Å². The largest absolute Gasteiger partial charge is 0.486 e. The molecule has 8 heteroatoms. The number of amides is 2. The molecule has 200 valence electrons. The van der Waals surface area contributed by atoms with Crippen molar-refractivity contribution in [3.8, 4) is 5.75 Å². The predicted molar refractivity (Wildman–Crippen MR) is 139 cm³/mol. The van der Waals surface area contributed by atoms with E-state index in [4.69, 9.17) is 13.9 Å². The molecule has 0 saturated heterocycles. The average Bonchev–Trinajstić information content (AvgIpc) is 3.64. The Balaban J connectivity index is 1.35. The van der Waals surface area contributed by atoms with Crippen molar-refractivity contribution >= 4 is 11.8 Å². The van der Waals surface area contributed by atoms with E-state index in [0.29, 0.717) is 31.2 Å². The lowest BCUT2D eigenvalue weighted by molar-refractivity contribution is -0.137. The molecule has 1 N–H and O–H groups in total. The van der Waals surface area contributed by atoms with Crippen molar-refractivity contribution in [2.45, 2.75) is 44.8 Å². The summed E-state index contributed by atoms with van der Waals surface area (Å²) in [6, 6.07) is 15.4. The second kappa shape index (κ2) is 11.8. The third kappa shape index (κ3) is 5.75. The SMILES string of the molecule is COCCNC(=O)c1ccc(COc2ccc3c(c2)C(c2ccc(F)cc2)N(C(=O)C2CCCC2)CC3)o1. The van der Waals surface area contributed by atoms with Crippen LogP contribution in [0.15, 0.2) is 59.0 Å². The van der Waals surface area contributed by atoms with Gasteiger partial charge in [0.1, 0.15) is 23.9 Å². The number of ether oxygens (including phenoxy) is 2. The topological polar surface area (TPSA) is 81.0 Å². The standard InChI is InChI=1S/C30H33FN2O5/c1-36-17-15-32-29(34)27-13-12-25(38-27)19-37-24-11-8-20-14-16-33(30(35)22-4-2-3-5-22)28(26(20)18-24)21-6-9-23(31)10-7-21/h6-13,18,22,28H,2-5,14-17,19H2,1H3,(H,32,34). The maximum Gasteiger partial charge on any atom is 0.287 e. The van der Waals surface area contributed by atoms with Gasteiger partial charge < -0.3 is 24.1 Å². The average molecular weight is 521 g/mol. The van der Waals surface area contributed by atoms with Crippen LogP contribution in [0.4, 0.5) is 4.39 Å². The summed E-state index contributed by atoms with van der Waals surface area (Å²) in [7, 11) is 1.57. The molecular weight excluding hydrogens is 487 g/mol. The van der Waals surface area contributed by atoms with E-state index < -0.39 is 0 Å². The van der Waals surface area contributed by atoms with Crippen molar-refractivity contribution in [1.29, 1.82) is 0 Å². The van der Waals surface area contributed by atoms with Gasteiger partial charge in [-0.1, -0.05) is 31.0 Å². The molecule has 3 aromatic rings. The molecule has 2 aliphatic rings. The normalized spacial score (nSPS) is 17.3. The summed E-state index contributed by atoms with van der Waals surface area (Å²) in [6.45, 7) is 1.60. The second-order valence-electron chi connectivity index (χ2n) is 9.88. The van der Waals surface area contributed by atoms with Gasteiger partial charge in [0.25, 0.3) is 5.91 Å². The van der Waals surface area contributed by atoms with Gasteiger partial charge in [-0.2, -0.15) is 0 Å². The number of halogens is 1. The lowest BCUT2D eigenvalue weighted by Crippen LogP contribution is -2.43. The molecule has 0 bridgehead atoms. The van der Waals surface area contributed by atoms with Gasteiger partial charge in [-0.25, -0.2) is 4.39 Å². The number of rotatable bonds is 9. The zero-order valence-electron chi connectivity index (χ0n) is 21.6. The highest BCUT2D eigenvalue weighted by atomic mass is 19.1. The van der Waals surface area contributed by atoms with Crippen molar-refractivity contribution in [3.05, 3.63) is 88.6 Å². The maximum atomic E-state index is 13.8. The Labute approximate surface area is 221 Å². The zero-order chi connectivity index (χ0) is 26.5. The van der Waals surface area contributed by atoms with Crippen LogP contribution in [0.25, 0.3) is 0 Å². The Morgan fingerprint density at radius 1 is 1.08 bits per heavy atom. The van der Waals surface area contributed by atoms with Crippen LogP contribution in [0.5, 0.6) is 5.75 Å². The van der Waals surface area contributed by atoms with Crippen LogP contribution in [-0.4, -0.2) is 43.5 Å². The first kappa shape index (κ1) is 26.0. The molecule has 1 unspecified atom stereocenters. The highest BCUT2D eigenvalue weighted by Crippen LogP contribution is 2.39. The highest BCUT2D eigenvalue weighted by molar-refractivity contribution is 5.91. The Kier molecular flexibility index (Phi) is 8.08. The maximum absolute atomic E-state index is 13.8. The van der Waals surface area contributed by atoms with E-state index in [1.54, 1.807) is 31.4 Å². The number of furan rings is 1. The minimum absolute atomic E-state index is 0.0544. The molecule has 1 atom stereocenters. The number of nitrogens with zero attached hydrogens (tertiary/aromatic N) is 1. The summed E-state index contributed by atoms with van der Waals surface area (Å²) >= 11 is 0. The molecule has 38 heavy (non-hydrogen) atoms. The van der Waals surface area contributed by atoms with E-state index in [2.05, 4.69) is 5.32 Å². The first-order valence-corrected chi connectivity index (χ1v) is 13.2. The Hall–Kier alpha value is -3.65. The number of carbonyl (C=O) groups excluding carboxylic acids is 2. The molecule has 2 aromatic carbocycles. The van der Waals surface area contributed by atoms with Crippen LogP contribution < -0.4 is 10.1 Å². The quantitative estimate of drug-likeness (QED) is 0.400. The van der Waals surface area contributed by atoms with Gasteiger partial charge in [-0.15, -0.1) is 0 Å². The second-order valence-corrected chi connectivity index (χ2v) is 9.88. The first-order valence-electron chi connectivity index (χ1n) is 13.2. The molecule has 0 spiro atoms. The van der Waals surface area contributed by atoms with Gasteiger partial charge >= 0.3 is 0 Å². The molecule has 1 aliphatic heterocycles. The number of hydrogen-bond donors (Lipinski definition) is 1. The van der Waals surface area contributed by atoms with Crippen LogP contribution in [0.3, 0.4) is 0 Å². The van der Waals surface area contributed by atoms with E-state index >= 15 is 0 Å². The van der Waals surface area contributed by atoms with Gasteiger partial charge in [-0.05, 0) is 72.4 Å². The number of carbonyl (C=O) groups is 2. The van der Waals surface area contributed by atoms with Gasteiger partial charge in [0.05, 0.1) is 12.6 Å². The van der Waals surface area contributed by atoms with E-state index in [-0.39, 0.29) is 42.0 Å². The minimum Gasteiger partial charge on any atom is -0.486 e. The third-order valence-electron chi connectivity index (χ3n) is 7.38.